The van der Waals surface area contributed by atoms with Gasteiger partial charge in [-0.2, -0.15) is 5.10 Å². The van der Waals surface area contributed by atoms with Crippen LogP contribution in [0.25, 0.3) is 22.4 Å². The van der Waals surface area contributed by atoms with Crippen LogP contribution in [0.3, 0.4) is 0 Å². The largest absolute Gasteiger partial charge is 0.367 e. The molecule has 1 N–H and O–H groups in total. The second-order valence-corrected chi connectivity index (χ2v) is 10.3. The lowest BCUT2D eigenvalue weighted by molar-refractivity contribution is 0.249. The van der Waals surface area contributed by atoms with E-state index in [9.17, 15) is 0 Å². The quantitative estimate of drug-likeness (QED) is 0.489. The lowest BCUT2D eigenvalue weighted by Gasteiger charge is -2.36. The minimum Gasteiger partial charge on any atom is -0.367 e. The Kier molecular flexibility index (Phi) is 5.49. The number of aromatic nitrogens is 4. The number of benzene rings is 2. The lowest BCUT2D eigenvalue weighted by Crippen LogP contribution is -2.46. The Balaban J connectivity index is 1.33. The smallest absolute Gasteiger partial charge is 0.138 e. The first kappa shape index (κ1) is 21.7. The molecule has 1 aliphatic rings. The second kappa shape index (κ2) is 8.34. The molecule has 5 rings (SSSR count). The van der Waals surface area contributed by atoms with Crippen LogP contribution >= 0.6 is 0 Å². The van der Waals surface area contributed by atoms with Gasteiger partial charge in [-0.15, -0.1) is 0 Å². The third-order valence-electron chi connectivity index (χ3n) is 6.74. The number of rotatable bonds is 4. The van der Waals surface area contributed by atoms with E-state index in [1.165, 1.54) is 16.8 Å². The fourth-order valence-electron chi connectivity index (χ4n) is 4.73. The molecule has 1 aliphatic heterocycles. The van der Waals surface area contributed by atoms with Gasteiger partial charge in [0, 0.05) is 57.1 Å². The number of para-hydroxylation sites is 1. The molecule has 0 spiro atoms. The zero-order chi connectivity index (χ0) is 23.2. The van der Waals surface area contributed by atoms with Crippen molar-refractivity contribution >= 4 is 16.7 Å². The Morgan fingerprint density at radius 2 is 1.70 bits per heavy atom. The van der Waals surface area contributed by atoms with Crippen molar-refractivity contribution in [2.24, 2.45) is 7.05 Å². The second-order valence-electron chi connectivity index (χ2n) is 10.3. The first-order chi connectivity index (χ1) is 15.8. The van der Waals surface area contributed by atoms with Gasteiger partial charge in [0.25, 0.3) is 0 Å². The summed E-state index contributed by atoms with van der Waals surface area (Å²) in [6.07, 6.45) is 2.14. The molecule has 6 nitrogen and oxygen atoms in total. The van der Waals surface area contributed by atoms with Gasteiger partial charge in [-0.05, 0) is 30.0 Å². The number of fused-ring (bicyclic) bond motifs is 1. The van der Waals surface area contributed by atoms with Crippen LogP contribution < -0.4 is 4.90 Å². The molecule has 33 heavy (non-hydrogen) atoms. The topological polar surface area (TPSA) is 53.0 Å². The summed E-state index contributed by atoms with van der Waals surface area (Å²) < 4.78 is 1.91. The van der Waals surface area contributed by atoms with Crippen molar-refractivity contribution < 1.29 is 0 Å². The summed E-state index contributed by atoms with van der Waals surface area (Å²) in [7, 11) is 1.99. The van der Waals surface area contributed by atoms with E-state index in [0.29, 0.717) is 0 Å². The number of piperazine rings is 1. The van der Waals surface area contributed by atoms with Crippen LogP contribution in [0.1, 0.15) is 37.6 Å². The van der Waals surface area contributed by atoms with Crippen molar-refractivity contribution in [3.63, 3.8) is 0 Å². The molecular weight excluding hydrogens is 408 g/mol. The van der Waals surface area contributed by atoms with Gasteiger partial charge >= 0.3 is 0 Å². The number of hydrogen-bond acceptors (Lipinski definition) is 4. The Bertz CT molecular complexity index is 1250. The molecule has 0 bridgehead atoms. The highest BCUT2D eigenvalue weighted by atomic mass is 15.3. The third kappa shape index (κ3) is 4.40. The first-order valence-corrected chi connectivity index (χ1v) is 11.8. The Hall–Kier alpha value is -3.12. The van der Waals surface area contributed by atoms with E-state index in [-0.39, 0.29) is 5.41 Å². The van der Waals surface area contributed by atoms with Crippen LogP contribution in [0, 0.1) is 6.92 Å². The minimum absolute atomic E-state index is 0.150. The van der Waals surface area contributed by atoms with Crippen LogP contribution in [-0.4, -0.2) is 50.8 Å². The molecular formula is C27H34N6. The van der Waals surface area contributed by atoms with Gasteiger partial charge in [0.15, 0.2) is 0 Å². The summed E-state index contributed by atoms with van der Waals surface area (Å²) >= 11 is 0. The van der Waals surface area contributed by atoms with Gasteiger partial charge in [-0.3, -0.25) is 9.58 Å². The summed E-state index contributed by atoms with van der Waals surface area (Å²) in [4.78, 5) is 13.6. The molecule has 2 aromatic carbocycles. The van der Waals surface area contributed by atoms with Crippen molar-refractivity contribution in [1.82, 2.24) is 24.6 Å². The maximum Gasteiger partial charge on any atom is 0.138 e. The summed E-state index contributed by atoms with van der Waals surface area (Å²) in [6.45, 7) is 13.9. The van der Waals surface area contributed by atoms with E-state index in [1.807, 2.05) is 11.7 Å². The zero-order valence-corrected chi connectivity index (χ0v) is 20.4. The van der Waals surface area contributed by atoms with Crippen LogP contribution in [0.5, 0.6) is 0 Å². The molecule has 2 aromatic heterocycles. The molecule has 0 amide bonds. The highest BCUT2D eigenvalue weighted by Gasteiger charge is 2.21. The van der Waals surface area contributed by atoms with Crippen molar-refractivity contribution in [1.29, 1.82) is 0 Å². The van der Waals surface area contributed by atoms with Crippen LogP contribution in [-0.2, 0) is 19.0 Å². The summed E-state index contributed by atoms with van der Waals surface area (Å²) in [6, 6.07) is 15.2. The molecule has 1 saturated heterocycles. The Morgan fingerprint density at radius 1 is 0.970 bits per heavy atom. The molecule has 0 radical (unpaired) electrons. The minimum atomic E-state index is 0.150. The predicted octanol–water partition coefficient (Wildman–Crippen LogP) is 4.89. The van der Waals surface area contributed by atoms with E-state index in [0.717, 1.165) is 60.8 Å². The van der Waals surface area contributed by atoms with Crippen LogP contribution in [0.2, 0.25) is 0 Å². The van der Waals surface area contributed by atoms with Gasteiger partial charge in [0.2, 0.25) is 0 Å². The first-order valence-electron chi connectivity index (χ1n) is 11.8. The van der Waals surface area contributed by atoms with E-state index >= 15 is 0 Å². The molecule has 6 heteroatoms. The third-order valence-corrected chi connectivity index (χ3v) is 6.74. The van der Waals surface area contributed by atoms with Gasteiger partial charge < -0.3 is 9.88 Å². The number of H-pyrrole nitrogens is 1. The molecule has 0 atom stereocenters. The fraction of sp³-hybridized carbons (Fsp3) is 0.407. The predicted molar refractivity (Wildman–Crippen MR) is 136 cm³/mol. The summed E-state index contributed by atoms with van der Waals surface area (Å²) in [5.41, 5.74) is 8.44. The zero-order valence-electron chi connectivity index (χ0n) is 20.4. The number of imidazole rings is 1. The normalized spacial score (nSPS) is 15.5. The molecule has 0 saturated carbocycles. The van der Waals surface area contributed by atoms with E-state index < -0.39 is 0 Å². The number of nitrogens with one attached hydrogen (secondary N) is 1. The lowest BCUT2D eigenvalue weighted by atomic mass is 9.87. The number of anilines is 1. The highest BCUT2D eigenvalue weighted by molar-refractivity contribution is 5.91. The van der Waals surface area contributed by atoms with Gasteiger partial charge in [-0.25, -0.2) is 4.98 Å². The summed E-state index contributed by atoms with van der Waals surface area (Å²) in [5, 5.41) is 4.49. The standard InChI is InChI=1S/C27H34N6/c1-19-21(17-31(5)30-19)18-32-13-15-33(16-14-32)24-8-6-7-23-25(24)29-26(28-23)20-9-11-22(12-10-20)27(2,3)4/h6-12,17H,13-16,18H2,1-5H3,(H,28,29). The maximum atomic E-state index is 5.03. The van der Waals surface area contributed by atoms with Gasteiger partial charge in [-0.1, -0.05) is 51.1 Å². The summed E-state index contributed by atoms with van der Waals surface area (Å²) in [5.74, 6) is 0.934. The van der Waals surface area contributed by atoms with E-state index in [2.05, 4.69) is 96.2 Å². The monoisotopic (exact) mass is 442 g/mol. The van der Waals surface area contributed by atoms with Gasteiger partial charge in [0.1, 0.15) is 11.3 Å². The number of aryl methyl sites for hydroxylation is 2. The SMILES string of the molecule is Cc1nn(C)cc1CN1CCN(c2cccc3[nH]c(-c4ccc(C(C)(C)C)cc4)nc23)CC1. The van der Waals surface area contributed by atoms with Crippen LogP contribution in [0.4, 0.5) is 5.69 Å². The van der Waals surface area contributed by atoms with Crippen molar-refractivity contribution in [3.8, 4) is 11.4 Å². The van der Waals surface area contributed by atoms with E-state index in [4.69, 9.17) is 4.98 Å². The average Bonchev–Trinajstić information content (AvgIpc) is 3.36. The number of nitrogens with zero attached hydrogens (tertiary/aromatic N) is 5. The average molecular weight is 443 g/mol. The van der Waals surface area contributed by atoms with E-state index in [1.54, 1.807) is 0 Å². The molecule has 172 valence electrons. The van der Waals surface area contributed by atoms with Crippen molar-refractivity contribution in [3.05, 3.63) is 65.5 Å². The molecule has 0 unspecified atom stereocenters. The van der Waals surface area contributed by atoms with Crippen molar-refractivity contribution in [2.45, 2.75) is 39.7 Å². The Labute approximate surface area is 196 Å². The fourth-order valence-corrected chi connectivity index (χ4v) is 4.73. The van der Waals surface area contributed by atoms with Gasteiger partial charge in [0.05, 0.1) is 16.9 Å². The molecule has 4 aromatic rings. The number of hydrogen-bond donors (Lipinski definition) is 1. The van der Waals surface area contributed by atoms with Crippen LogP contribution in [0.15, 0.2) is 48.7 Å². The molecule has 1 fully saturated rings. The highest BCUT2D eigenvalue weighted by Crippen LogP contribution is 2.30. The maximum absolute atomic E-state index is 5.03. The molecule has 0 aliphatic carbocycles. The Morgan fingerprint density at radius 3 is 2.33 bits per heavy atom. The molecule has 3 heterocycles. The number of aromatic amines is 1. The van der Waals surface area contributed by atoms with Crippen molar-refractivity contribution in [2.75, 3.05) is 31.1 Å².